The van der Waals surface area contributed by atoms with Crippen LogP contribution in [0.4, 0.5) is 10.5 Å². The highest BCUT2D eigenvalue weighted by atomic mass is 32.2. The molecule has 28 heavy (non-hydrogen) atoms. The third-order valence-electron chi connectivity index (χ3n) is 3.89. The van der Waals surface area contributed by atoms with Crippen LogP contribution in [0.25, 0.3) is 6.08 Å². The minimum Gasteiger partial charge on any atom is -0.268 e. The molecular weight excluding hydrogens is 386 g/mol. The zero-order valence-corrected chi connectivity index (χ0v) is 15.5. The second-order valence-electron chi connectivity index (χ2n) is 5.68. The normalized spacial score (nSPS) is 14.5. The predicted octanol–water partition coefficient (Wildman–Crippen LogP) is 1.97. The summed E-state index contributed by atoms with van der Waals surface area (Å²) in [4.78, 5) is 57.5. The van der Waals surface area contributed by atoms with Gasteiger partial charge in [0.15, 0.2) is 5.16 Å². The van der Waals surface area contributed by atoms with Crippen LogP contribution >= 0.6 is 11.8 Å². The van der Waals surface area contributed by atoms with Crippen molar-refractivity contribution in [2.45, 2.75) is 10.1 Å². The molecule has 2 aromatic rings. The van der Waals surface area contributed by atoms with Gasteiger partial charge in [0.2, 0.25) is 0 Å². The molecule has 1 aliphatic heterocycles. The third-order valence-corrected chi connectivity index (χ3v) is 4.88. The Bertz CT molecular complexity index is 998. The van der Waals surface area contributed by atoms with Crippen molar-refractivity contribution < 1.29 is 19.3 Å². The molecule has 1 aromatic carbocycles. The first kappa shape index (κ1) is 19.2. The van der Waals surface area contributed by atoms with Crippen LogP contribution < -0.4 is 0 Å². The Hall–Kier alpha value is -3.60. The van der Waals surface area contributed by atoms with Crippen LogP contribution in [0.3, 0.4) is 0 Å². The maximum Gasteiger partial charge on any atom is 0.333 e. The van der Waals surface area contributed by atoms with Gasteiger partial charge in [0.05, 0.1) is 4.92 Å². The Kier molecular flexibility index (Phi) is 5.18. The minimum atomic E-state index is -0.786. The molecule has 10 nitrogen and oxygen atoms in total. The molecule has 2 heterocycles. The molecule has 0 atom stereocenters. The molecule has 1 aliphatic rings. The van der Waals surface area contributed by atoms with Crippen LogP contribution in [-0.4, -0.2) is 56.6 Å². The largest absolute Gasteiger partial charge is 0.333 e. The molecule has 0 bridgehead atoms. The first-order valence-electron chi connectivity index (χ1n) is 7.84. The summed E-state index contributed by atoms with van der Waals surface area (Å²) in [6, 6.07) is 4.93. The minimum absolute atomic E-state index is 0.210. The van der Waals surface area contributed by atoms with Crippen LogP contribution in [0.15, 0.2) is 52.3 Å². The number of carbonyl (C=O) groups is 3. The molecule has 0 saturated carbocycles. The molecule has 0 spiro atoms. The number of imide groups is 2. The average molecular weight is 399 g/mol. The lowest BCUT2D eigenvalue weighted by atomic mass is 10.1. The van der Waals surface area contributed by atoms with Crippen molar-refractivity contribution in [3.63, 3.8) is 0 Å². The van der Waals surface area contributed by atoms with E-state index in [2.05, 4.69) is 9.97 Å². The van der Waals surface area contributed by atoms with Crippen LogP contribution in [0.1, 0.15) is 5.56 Å². The molecule has 142 valence electrons. The van der Waals surface area contributed by atoms with Crippen LogP contribution in [0.5, 0.6) is 0 Å². The molecule has 1 fully saturated rings. The summed E-state index contributed by atoms with van der Waals surface area (Å²) < 4.78 is 0. The Morgan fingerprint density at radius 1 is 1.07 bits per heavy atom. The number of urea groups is 1. The van der Waals surface area contributed by atoms with Gasteiger partial charge in [0, 0.05) is 43.5 Å². The summed E-state index contributed by atoms with van der Waals surface area (Å²) >= 11 is 1.12. The van der Waals surface area contributed by atoms with Crippen molar-refractivity contribution in [3.05, 3.63) is 57.9 Å². The first-order valence-corrected chi connectivity index (χ1v) is 8.66. The van der Waals surface area contributed by atoms with Crippen LogP contribution in [0.2, 0.25) is 0 Å². The molecule has 3 rings (SSSR count). The number of likely N-dealkylation sites (N-methyl/N-ethyl adjacent to an activating group) is 2. The number of nitro groups is 1. The Balaban J connectivity index is 2.10. The SMILES string of the molecule is CN1C(=O)C(=Cc2cc([N+](=O)[O-])ccc2Sc2ncccn2)C(=O)N(C)C1=O. The summed E-state index contributed by atoms with van der Waals surface area (Å²) in [5, 5.41) is 11.5. The highest BCUT2D eigenvalue weighted by molar-refractivity contribution is 7.99. The quantitative estimate of drug-likeness (QED) is 0.251. The smallest absolute Gasteiger partial charge is 0.268 e. The van der Waals surface area contributed by atoms with Crippen molar-refractivity contribution in [2.24, 2.45) is 0 Å². The van der Waals surface area contributed by atoms with Gasteiger partial charge in [-0.3, -0.25) is 29.5 Å². The maximum absolute atomic E-state index is 12.4. The number of hydrogen-bond donors (Lipinski definition) is 0. The summed E-state index contributed by atoms with van der Waals surface area (Å²) in [5.41, 5.74) is -0.223. The Morgan fingerprint density at radius 2 is 1.68 bits per heavy atom. The van der Waals surface area contributed by atoms with E-state index in [-0.39, 0.29) is 16.8 Å². The summed E-state index contributed by atoms with van der Waals surface area (Å²) in [6.45, 7) is 0. The van der Waals surface area contributed by atoms with E-state index in [4.69, 9.17) is 0 Å². The summed E-state index contributed by atoms with van der Waals surface area (Å²) in [5.74, 6) is -1.57. The lowest BCUT2D eigenvalue weighted by Gasteiger charge is -2.28. The van der Waals surface area contributed by atoms with Gasteiger partial charge in [0.1, 0.15) is 5.57 Å². The van der Waals surface area contributed by atoms with E-state index in [0.717, 1.165) is 21.6 Å². The lowest BCUT2D eigenvalue weighted by molar-refractivity contribution is -0.384. The molecule has 4 amide bonds. The fourth-order valence-electron chi connectivity index (χ4n) is 2.42. The number of amides is 4. The predicted molar refractivity (Wildman–Crippen MR) is 98.2 cm³/mol. The van der Waals surface area contributed by atoms with Gasteiger partial charge in [0.25, 0.3) is 17.5 Å². The van der Waals surface area contributed by atoms with E-state index in [1.807, 2.05) is 0 Å². The fourth-order valence-corrected chi connectivity index (χ4v) is 3.22. The van der Waals surface area contributed by atoms with Gasteiger partial charge in [-0.2, -0.15) is 0 Å². The number of rotatable bonds is 4. The molecular formula is C17H13N5O5S. The van der Waals surface area contributed by atoms with Crippen molar-refractivity contribution in [2.75, 3.05) is 14.1 Å². The monoisotopic (exact) mass is 399 g/mol. The van der Waals surface area contributed by atoms with Gasteiger partial charge >= 0.3 is 6.03 Å². The Morgan fingerprint density at radius 3 is 2.25 bits per heavy atom. The van der Waals surface area contributed by atoms with Gasteiger partial charge in [-0.05, 0) is 35.5 Å². The van der Waals surface area contributed by atoms with Gasteiger partial charge in [-0.25, -0.2) is 14.8 Å². The van der Waals surface area contributed by atoms with E-state index >= 15 is 0 Å². The molecule has 0 radical (unpaired) electrons. The van der Waals surface area contributed by atoms with E-state index < -0.39 is 22.8 Å². The number of nitrogens with zero attached hydrogens (tertiary/aromatic N) is 5. The Labute approximate surface area is 163 Å². The molecule has 1 aromatic heterocycles. The number of carbonyl (C=O) groups excluding carboxylic acids is 3. The molecule has 0 N–H and O–H groups in total. The zero-order chi connectivity index (χ0) is 20.4. The molecule has 1 saturated heterocycles. The number of aromatic nitrogens is 2. The van der Waals surface area contributed by atoms with E-state index in [1.165, 1.54) is 38.4 Å². The van der Waals surface area contributed by atoms with Crippen molar-refractivity contribution in [3.8, 4) is 0 Å². The first-order chi connectivity index (χ1) is 13.3. The van der Waals surface area contributed by atoms with Gasteiger partial charge in [-0.15, -0.1) is 0 Å². The average Bonchev–Trinajstić information content (AvgIpc) is 2.70. The number of benzene rings is 1. The van der Waals surface area contributed by atoms with Crippen molar-refractivity contribution in [1.82, 2.24) is 19.8 Å². The van der Waals surface area contributed by atoms with E-state index in [9.17, 15) is 24.5 Å². The number of hydrogen-bond acceptors (Lipinski definition) is 8. The highest BCUT2D eigenvalue weighted by Gasteiger charge is 2.38. The summed E-state index contributed by atoms with van der Waals surface area (Å²) in [6.07, 6.45) is 4.33. The maximum atomic E-state index is 12.4. The third kappa shape index (κ3) is 3.60. The van der Waals surface area contributed by atoms with Crippen LogP contribution in [-0.2, 0) is 9.59 Å². The van der Waals surface area contributed by atoms with Gasteiger partial charge in [-0.1, -0.05) is 0 Å². The number of nitro benzene ring substituents is 1. The zero-order valence-electron chi connectivity index (χ0n) is 14.7. The van der Waals surface area contributed by atoms with Gasteiger partial charge < -0.3 is 0 Å². The van der Waals surface area contributed by atoms with E-state index in [1.54, 1.807) is 18.5 Å². The molecule has 0 aliphatic carbocycles. The second-order valence-corrected chi connectivity index (χ2v) is 6.69. The standard InChI is InChI=1S/C17H13N5O5S/c1-20-14(23)12(15(24)21(2)17(20)25)9-10-8-11(22(26)27)4-5-13(10)28-16-18-6-3-7-19-16/h3-9H,1-2H3. The van der Waals surface area contributed by atoms with Crippen LogP contribution in [0, 0.1) is 10.1 Å². The summed E-state index contributed by atoms with van der Waals surface area (Å²) in [7, 11) is 2.50. The molecule has 11 heteroatoms. The second kappa shape index (κ2) is 7.56. The fraction of sp³-hybridized carbons (Fsp3) is 0.118. The number of non-ortho nitro benzene ring substituents is 1. The van der Waals surface area contributed by atoms with Crippen molar-refractivity contribution in [1.29, 1.82) is 0 Å². The number of barbiturate groups is 1. The van der Waals surface area contributed by atoms with E-state index in [0.29, 0.717) is 10.1 Å². The molecule has 0 unspecified atom stereocenters. The lowest BCUT2D eigenvalue weighted by Crippen LogP contribution is -2.52. The van der Waals surface area contributed by atoms with Crippen molar-refractivity contribution >= 4 is 41.4 Å². The topological polar surface area (TPSA) is 127 Å². The highest BCUT2D eigenvalue weighted by Crippen LogP contribution is 2.32.